The van der Waals surface area contributed by atoms with E-state index in [1.807, 2.05) is 0 Å². The minimum Gasteiger partial charge on any atom is -0.406 e. The van der Waals surface area contributed by atoms with Crippen LogP contribution in [0.3, 0.4) is 0 Å². The summed E-state index contributed by atoms with van der Waals surface area (Å²) in [6, 6.07) is 8.54. The standard InChI is InChI=1S/C21H21F3N6O3/c22-21(23,24)33-16-7-3-4-13(10-16)11-18(31)27-17-9-8-15(29-30-17)6-2-1-5-14-12-26-20(32)28-19(14)25/h3-4,7-10,12H,1-2,5-6,11H2,(H,27,30,31)(H3,25,26,28,32). The lowest BCUT2D eigenvalue weighted by molar-refractivity contribution is -0.274. The predicted molar refractivity (Wildman–Crippen MR) is 113 cm³/mol. The molecule has 174 valence electrons. The van der Waals surface area contributed by atoms with E-state index < -0.39 is 23.7 Å². The molecule has 3 rings (SSSR count). The summed E-state index contributed by atoms with van der Waals surface area (Å²) in [4.78, 5) is 29.4. The molecule has 0 saturated heterocycles. The first kappa shape index (κ1) is 23.7. The second-order valence-electron chi connectivity index (χ2n) is 7.16. The minimum atomic E-state index is -4.80. The van der Waals surface area contributed by atoms with E-state index in [4.69, 9.17) is 5.73 Å². The van der Waals surface area contributed by atoms with Crippen LogP contribution < -0.4 is 21.5 Å². The van der Waals surface area contributed by atoms with Crippen molar-refractivity contribution in [2.75, 3.05) is 11.1 Å². The van der Waals surface area contributed by atoms with Crippen LogP contribution >= 0.6 is 0 Å². The summed E-state index contributed by atoms with van der Waals surface area (Å²) < 4.78 is 40.8. The van der Waals surface area contributed by atoms with Crippen molar-refractivity contribution in [2.24, 2.45) is 0 Å². The third-order valence-electron chi connectivity index (χ3n) is 4.54. The molecule has 0 radical (unpaired) electrons. The van der Waals surface area contributed by atoms with Crippen LogP contribution in [0.4, 0.5) is 24.8 Å². The SMILES string of the molecule is Nc1[nH]c(=O)ncc1CCCCc1ccc(NC(=O)Cc2cccc(OC(F)(F)F)c2)nn1. The van der Waals surface area contributed by atoms with Gasteiger partial charge in [0, 0.05) is 11.8 Å². The second-order valence-corrected chi connectivity index (χ2v) is 7.16. The van der Waals surface area contributed by atoms with E-state index in [9.17, 15) is 22.8 Å². The number of H-pyrrole nitrogens is 1. The zero-order valence-corrected chi connectivity index (χ0v) is 17.4. The molecule has 0 bridgehead atoms. The van der Waals surface area contributed by atoms with Crippen molar-refractivity contribution >= 4 is 17.5 Å². The van der Waals surface area contributed by atoms with Crippen LogP contribution in [0, 0.1) is 0 Å². The van der Waals surface area contributed by atoms with E-state index in [0.717, 1.165) is 36.2 Å². The third kappa shape index (κ3) is 7.91. The number of hydrogen-bond acceptors (Lipinski definition) is 7. The summed E-state index contributed by atoms with van der Waals surface area (Å²) in [5.41, 5.74) is 7.13. The highest BCUT2D eigenvalue weighted by atomic mass is 19.4. The van der Waals surface area contributed by atoms with Gasteiger partial charge in [-0.1, -0.05) is 12.1 Å². The van der Waals surface area contributed by atoms with Crippen molar-refractivity contribution in [1.82, 2.24) is 20.2 Å². The molecule has 2 aromatic heterocycles. The average Bonchev–Trinajstić information content (AvgIpc) is 2.72. The highest BCUT2D eigenvalue weighted by Gasteiger charge is 2.31. The number of anilines is 2. The number of aromatic nitrogens is 4. The maximum absolute atomic E-state index is 12.3. The fourth-order valence-corrected chi connectivity index (χ4v) is 3.04. The topological polar surface area (TPSA) is 136 Å². The summed E-state index contributed by atoms with van der Waals surface area (Å²) >= 11 is 0. The first-order valence-electron chi connectivity index (χ1n) is 9.99. The van der Waals surface area contributed by atoms with Gasteiger partial charge in [0.05, 0.1) is 12.1 Å². The third-order valence-corrected chi connectivity index (χ3v) is 4.54. The molecule has 0 aliphatic carbocycles. The molecule has 0 aliphatic heterocycles. The Balaban J connectivity index is 1.45. The normalized spacial score (nSPS) is 11.2. The van der Waals surface area contributed by atoms with Gasteiger partial charge in [-0.2, -0.15) is 5.10 Å². The lowest BCUT2D eigenvalue weighted by Crippen LogP contribution is -2.18. The number of carbonyl (C=O) groups excluding carboxylic acids is 1. The molecule has 33 heavy (non-hydrogen) atoms. The number of alkyl halides is 3. The number of nitrogens with zero attached hydrogens (tertiary/aromatic N) is 3. The summed E-state index contributed by atoms with van der Waals surface area (Å²) in [6.07, 6.45) is -0.572. The van der Waals surface area contributed by atoms with Gasteiger partial charge in [0.25, 0.3) is 0 Å². The Kier molecular flexibility index (Phi) is 7.59. The molecule has 0 atom stereocenters. The lowest BCUT2D eigenvalue weighted by atomic mass is 10.1. The maximum Gasteiger partial charge on any atom is 0.573 e. The molecule has 12 heteroatoms. The second kappa shape index (κ2) is 10.6. The molecular weight excluding hydrogens is 441 g/mol. The molecule has 3 aromatic rings. The molecule has 0 aliphatic rings. The summed E-state index contributed by atoms with van der Waals surface area (Å²) in [5.74, 6) is -0.294. The van der Waals surface area contributed by atoms with E-state index in [0.29, 0.717) is 24.2 Å². The molecule has 0 unspecified atom stereocenters. The van der Waals surface area contributed by atoms with E-state index >= 15 is 0 Å². The highest BCUT2D eigenvalue weighted by Crippen LogP contribution is 2.23. The van der Waals surface area contributed by atoms with Crippen molar-refractivity contribution in [2.45, 2.75) is 38.5 Å². The average molecular weight is 462 g/mol. The Morgan fingerprint density at radius 2 is 1.91 bits per heavy atom. The van der Waals surface area contributed by atoms with Crippen LogP contribution in [0.15, 0.2) is 47.4 Å². The minimum absolute atomic E-state index is 0.152. The maximum atomic E-state index is 12.3. The summed E-state index contributed by atoms with van der Waals surface area (Å²) in [5, 5.41) is 10.6. The largest absolute Gasteiger partial charge is 0.573 e. The molecule has 0 spiro atoms. The number of carbonyl (C=O) groups is 1. The summed E-state index contributed by atoms with van der Waals surface area (Å²) in [7, 11) is 0. The van der Waals surface area contributed by atoms with E-state index in [2.05, 4.69) is 30.2 Å². The molecule has 0 saturated carbocycles. The number of hydrogen-bond donors (Lipinski definition) is 3. The van der Waals surface area contributed by atoms with E-state index in [-0.39, 0.29) is 12.2 Å². The van der Waals surface area contributed by atoms with Gasteiger partial charge in [-0.3, -0.25) is 9.78 Å². The van der Waals surface area contributed by atoms with Crippen molar-refractivity contribution < 1.29 is 22.7 Å². The number of aromatic amines is 1. The first-order valence-corrected chi connectivity index (χ1v) is 9.99. The Hall–Kier alpha value is -3.96. The van der Waals surface area contributed by atoms with Gasteiger partial charge in [0.15, 0.2) is 5.82 Å². The van der Waals surface area contributed by atoms with E-state index in [1.165, 1.54) is 18.3 Å². The van der Waals surface area contributed by atoms with Crippen molar-refractivity contribution in [3.8, 4) is 5.75 Å². The van der Waals surface area contributed by atoms with E-state index in [1.54, 1.807) is 12.1 Å². The number of nitrogen functional groups attached to an aromatic ring is 1. The molecule has 0 fully saturated rings. The van der Waals surface area contributed by atoms with Crippen LogP contribution in [0.25, 0.3) is 0 Å². The number of ether oxygens (including phenoxy) is 1. The van der Waals surface area contributed by atoms with Crippen LogP contribution in [0.2, 0.25) is 0 Å². The Bertz CT molecular complexity index is 1150. The van der Waals surface area contributed by atoms with Gasteiger partial charge >= 0.3 is 12.1 Å². The number of rotatable bonds is 9. The van der Waals surface area contributed by atoms with Gasteiger partial charge in [-0.05, 0) is 55.5 Å². The smallest absolute Gasteiger partial charge is 0.406 e. The van der Waals surface area contributed by atoms with Gasteiger partial charge in [0.2, 0.25) is 5.91 Å². The molecule has 2 heterocycles. The van der Waals surface area contributed by atoms with Crippen LogP contribution in [-0.4, -0.2) is 32.4 Å². The molecule has 9 nitrogen and oxygen atoms in total. The summed E-state index contributed by atoms with van der Waals surface area (Å²) in [6.45, 7) is 0. The van der Waals surface area contributed by atoms with Crippen molar-refractivity contribution in [3.05, 3.63) is 69.9 Å². The van der Waals surface area contributed by atoms with Crippen LogP contribution in [0.5, 0.6) is 5.75 Å². The highest BCUT2D eigenvalue weighted by molar-refractivity contribution is 5.91. The number of nitrogens with one attached hydrogen (secondary N) is 2. The zero-order chi connectivity index (χ0) is 23.8. The monoisotopic (exact) mass is 462 g/mol. The van der Waals surface area contributed by atoms with Crippen molar-refractivity contribution in [1.29, 1.82) is 0 Å². The van der Waals surface area contributed by atoms with Gasteiger partial charge in [0.1, 0.15) is 11.6 Å². The first-order chi connectivity index (χ1) is 15.7. The quantitative estimate of drug-likeness (QED) is 0.416. The predicted octanol–water partition coefficient (Wildman–Crippen LogP) is 2.79. The zero-order valence-electron chi connectivity index (χ0n) is 17.4. The molecule has 1 aromatic carbocycles. The van der Waals surface area contributed by atoms with Crippen LogP contribution in [0.1, 0.15) is 29.7 Å². The number of aryl methyl sites for hydroxylation is 2. The number of unbranched alkanes of at least 4 members (excludes halogenated alkanes) is 1. The van der Waals surface area contributed by atoms with Gasteiger partial charge in [-0.15, -0.1) is 18.3 Å². The number of halogens is 3. The van der Waals surface area contributed by atoms with Crippen LogP contribution in [-0.2, 0) is 24.1 Å². The Labute approximate surface area is 186 Å². The number of benzene rings is 1. The lowest BCUT2D eigenvalue weighted by Gasteiger charge is -2.10. The fraction of sp³-hybridized carbons (Fsp3) is 0.286. The van der Waals surface area contributed by atoms with Crippen molar-refractivity contribution in [3.63, 3.8) is 0 Å². The molecular formula is C21H21F3N6O3. The Morgan fingerprint density at radius 3 is 2.61 bits per heavy atom. The van der Waals surface area contributed by atoms with Gasteiger partial charge < -0.3 is 15.8 Å². The van der Waals surface area contributed by atoms with Gasteiger partial charge in [-0.25, -0.2) is 9.78 Å². The molecule has 1 amide bonds. The fourth-order valence-electron chi connectivity index (χ4n) is 3.04. The number of nitrogens with two attached hydrogens (primary N) is 1. The molecule has 4 N–H and O–H groups in total. The number of amides is 1. The Morgan fingerprint density at radius 1 is 1.12 bits per heavy atom.